The lowest BCUT2D eigenvalue weighted by molar-refractivity contribution is -0.138. The molecule has 0 saturated carbocycles. The second kappa shape index (κ2) is 10.0. The van der Waals surface area contributed by atoms with Gasteiger partial charge in [-0.05, 0) is 29.8 Å². The van der Waals surface area contributed by atoms with Gasteiger partial charge >= 0.3 is 12.1 Å². The SMILES string of the molecule is O=C(O)C=C1c2ccccc2N(C(=O)c2ccc(OCc3ccccc3)cc2C(F)(F)F)CCC1(F)F. The first-order chi connectivity index (χ1) is 17.5. The standard InChI is InChI=1S/C27H20F5NO4/c28-26(29)12-13-33(23-9-5-4-8-19(23)21(26)15-24(34)35)25(36)20-11-10-18(14-22(20)27(30,31)32)37-16-17-6-2-1-3-7-17/h1-11,14-15H,12-13,16H2,(H,34,35). The second-order valence-electron chi connectivity index (χ2n) is 8.30. The van der Waals surface area contributed by atoms with E-state index in [1.54, 1.807) is 30.3 Å². The van der Waals surface area contributed by atoms with Gasteiger partial charge in [0.15, 0.2) is 0 Å². The van der Waals surface area contributed by atoms with Crippen molar-refractivity contribution in [1.82, 2.24) is 0 Å². The third kappa shape index (κ3) is 5.63. The molecule has 3 aromatic rings. The minimum Gasteiger partial charge on any atom is -0.489 e. The van der Waals surface area contributed by atoms with E-state index in [0.717, 1.165) is 16.5 Å². The predicted molar refractivity (Wildman–Crippen MR) is 126 cm³/mol. The molecule has 0 fully saturated rings. The number of anilines is 1. The molecular formula is C27H20F5NO4. The lowest BCUT2D eigenvalue weighted by Crippen LogP contribution is -2.34. The Bertz CT molecular complexity index is 1350. The van der Waals surface area contributed by atoms with Crippen LogP contribution in [0.3, 0.4) is 0 Å². The van der Waals surface area contributed by atoms with E-state index in [9.17, 15) is 31.5 Å². The Morgan fingerprint density at radius 3 is 2.35 bits per heavy atom. The summed E-state index contributed by atoms with van der Waals surface area (Å²) in [5.41, 5.74) is -2.50. The molecule has 1 heterocycles. The van der Waals surface area contributed by atoms with Gasteiger partial charge in [0.05, 0.1) is 16.8 Å². The summed E-state index contributed by atoms with van der Waals surface area (Å²) in [6.45, 7) is -0.637. The van der Waals surface area contributed by atoms with E-state index in [-0.39, 0.29) is 23.6 Å². The van der Waals surface area contributed by atoms with Gasteiger partial charge in [0.1, 0.15) is 12.4 Å². The molecule has 5 nitrogen and oxygen atoms in total. The lowest BCUT2D eigenvalue weighted by atomic mass is 9.97. The maximum Gasteiger partial charge on any atom is 0.417 e. The van der Waals surface area contributed by atoms with Crippen LogP contribution < -0.4 is 9.64 Å². The van der Waals surface area contributed by atoms with Crippen LogP contribution in [0.2, 0.25) is 0 Å². The number of hydrogen-bond acceptors (Lipinski definition) is 3. The van der Waals surface area contributed by atoms with Crippen molar-refractivity contribution >= 4 is 23.1 Å². The zero-order valence-corrected chi connectivity index (χ0v) is 19.1. The topological polar surface area (TPSA) is 66.8 Å². The van der Waals surface area contributed by atoms with Crippen LogP contribution in [0.5, 0.6) is 5.75 Å². The number of rotatable bonds is 5. The van der Waals surface area contributed by atoms with Gasteiger partial charge < -0.3 is 14.7 Å². The highest BCUT2D eigenvalue weighted by atomic mass is 19.4. The number of hydrogen-bond donors (Lipinski definition) is 1. The molecule has 0 unspecified atom stereocenters. The number of allylic oxidation sites excluding steroid dienone is 1. The average molecular weight is 517 g/mol. The molecule has 4 rings (SSSR count). The van der Waals surface area contributed by atoms with Crippen molar-refractivity contribution in [2.24, 2.45) is 0 Å². The van der Waals surface area contributed by atoms with Crippen molar-refractivity contribution in [2.45, 2.75) is 25.1 Å². The van der Waals surface area contributed by atoms with Gasteiger partial charge in [-0.2, -0.15) is 13.2 Å². The van der Waals surface area contributed by atoms with Gasteiger partial charge in [-0.15, -0.1) is 0 Å². The molecule has 0 aliphatic carbocycles. The van der Waals surface area contributed by atoms with E-state index in [4.69, 9.17) is 9.84 Å². The van der Waals surface area contributed by atoms with E-state index in [2.05, 4.69) is 0 Å². The van der Waals surface area contributed by atoms with Crippen LogP contribution in [0.25, 0.3) is 5.57 Å². The second-order valence-corrected chi connectivity index (χ2v) is 8.30. The van der Waals surface area contributed by atoms with Gasteiger partial charge in [-0.25, -0.2) is 13.6 Å². The van der Waals surface area contributed by atoms with E-state index in [1.165, 1.54) is 30.3 Å². The molecule has 0 aromatic heterocycles. The zero-order chi connectivity index (χ0) is 26.8. The van der Waals surface area contributed by atoms with Crippen molar-refractivity contribution in [3.05, 3.63) is 101 Å². The Morgan fingerprint density at radius 2 is 1.68 bits per heavy atom. The summed E-state index contributed by atoms with van der Waals surface area (Å²) in [7, 11) is 0. The summed E-state index contributed by atoms with van der Waals surface area (Å²) in [6.07, 6.45) is -5.57. The number of carboxylic acids is 1. The van der Waals surface area contributed by atoms with Crippen molar-refractivity contribution in [1.29, 1.82) is 0 Å². The number of ether oxygens (including phenoxy) is 1. The Labute approximate surface area is 208 Å². The van der Waals surface area contributed by atoms with Gasteiger partial charge in [-0.1, -0.05) is 48.5 Å². The number of benzene rings is 3. The number of alkyl halides is 5. The van der Waals surface area contributed by atoms with E-state index >= 15 is 0 Å². The number of halogens is 5. The molecule has 0 saturated heterocycles. The molecule has 0 spiro atoms. The highest BCUT2D eigenvalue weighted by Crippen LogP contribution is 2.44. The Balaban J connectivity index is 1.74. The van der Waals surface area contributed by atoms with Crippen LogP contribution in [0.15, 0.2) is 78.9 Å². The van der Waals surface area contributed by atoms with Crippen LogP contribution in [-0.2, 0) is 17.6 Å². The number of carbonyl (C=O) groups is 2. The van der Waals surface area contributed by atoms with Crippen molar-refractivity contribution in [2.75, 3.05) is 11.4 Å². The highest BCUT2D eigenvalue weighted by Gasteiger charge is 2.43. The Kier molecular flexibility index (Phi) is 7.02. The van der Waals surface area contributed by atoms with Gasteiger partial charge in [0.25, 0.3) is 11.8 Å². The molecule has 0 radical (unpaired) electrons. The first-order valence-electron chi connectivity index (χ1n) is 11.1. The van der Waals surface area contributed by atoms with Crippen LogP contribution >= 0.6 is 0 Å². The summed E-state index contributed by atoms with van der Waals surface area (Å²) >= 11 is 0. The molecule has 1 aliphatic rings. The highest BCUT2D eigenvalue weighted by molar-refractivity contribution is 6.09. The molecular weight excluding hydrogens is 497 g/mol. The molecule has 0 atom stereocenters. The van der Waals surface area contributed by atoms with Gasteiger partial charge in [0.2, 0.25) is 0 Å². The Hall–Kier alpha value is -4.21. The molecule has 1 amide bonds. The van der Waals surface area contributed by atoms with E-state index < -0.39 is 53.6 Å². The molecule has 10 heteroatoms. The minimum absolute atomic E-state index is 0.00129. The zero-order valence-electron chi connectivity index (χ0n) is 19.1. The van der Waals surface area contributed by atoms with Crippen molar-refractivity contribution in [3.8, 4) is 5.75 Å². The molecule has 37 heavy (non-hydrogen) atoms. The van der Waals surface area contributed by atoms with E-state index in [0.29, 0.717) is 12.1 Å². The molecule has 1 aliphatic heterocycles. The third-order valence-corrected chi connectivity index (χ3v) is 5.82. The van der Waals surface area contributed by atoms with Crippen molar-refractivity contribution < 1.29 is 41.4 Å². The predicted octanol–water partition coefficient (Wildman–Crippen LogP) is 6.44. The lowest BCUT2D eigenvalue weighted by Gasteiger charge is -2.24. The number of nitrogens with zero attached hydrogens (tertiary/aromatic N) is 1. The number of carbonyl (C=O) groups excluding carboxylic acids is 1. The smallest absolute Gasteiger partial charge is 0.417 e. The quantitative estimate of drug-likeness (QED) is 0.313. The first kappa shape index (κ1) is 25.9. The molecule has 3 aromatic carbocycles. The molecule has 1 N–H and O–H groups in total. The fourth-order valence-electron chi connectivity index (χ4n) is 4.08. The van der Waals surface area contributed by atoms with Gasteiger partial charge in [0, 0.05) is 30.2 Å². The normalized spacial score (nSPS) is 16.1. The first-order valence-corrected chi connectivity index (χ1v) is 11.1. The van der Waals surface area contributed by atoms with Crippen molar-refractivity contribution in [3.63, 3.8) is 0 Å². The third-order valence-electron chi connectivity index (χ3n) is 5.82. The fraction of sp³-hybridized carbons (Fsp3) is 0.185. The summed E-state index contributed by atoms with van der Waals surface area (Å²) in [6, 6.07) is 16.9. The number of aliphatic carboxylic acids is 1. The summed E-state index contributed by atoms with van der Waals surface area (Å²) in [5, 5.41) is 9.11. The largest absolute Gasteiger partial charge is 0.489 e. The summed E-state index contributed by atoms with van der Waals surface area (Å²) < 4.78 is 77.3. The maximum atomic E-state index is 14.9. The van der Waals surface area contributed by atoms with Crippen LogP contribution in [-0.4, -0.2) is 29.5 Å². The minimum atomic E-state index is -4.94. The monoisotopic (exact) mass is 517 g/mol. The van der Waals surface area contributed by atoms with Crippen LogP contribution in [0, 0.1) is 0 Å². The number of para-hydroxylation sites is 1. The fourth-order valence-corrected chi connectivity index (χ4v) is 4.08. The van der Waals surface area contributed by atoms with E-state index in [1.807, 2.05) is 0 Å². The Morgan fingerprint density at radius 1 is 1.00 bits per heavy atom. The van der Waals surface area contributed by atoms with Crippen LogP contribution in [0.1, 0.15) is 33.5 Å². The number of amides is 1. The maximum absolute atomic E-state index is 14.9. The summed E-state index contributed by atoms with van der Waals surface area (Å²) in [5.74, 6) is -6.52. The molecule has 192 valence electrons. The summed E-state index contributed by atoms with van der Waals surface area (Å²) in [4.78, 5) is 25.5. The number of carboxylic acid groups (broad SMARTS) is 1. The van der Waals surface area contributed by atoms with Gasteiger partial charge in [-0.3, -0.25) is 4.79 Å². The average Bonchev–Trinajstić information content (AvgIpc) is 2.96. The molecule has 0 bridgehead atoms. The van der Waals surface area contributed by atoms with Crippen LogP contribution in [0.4, 0.5) is 27.6 Å². The number of fused-ring (bicyclic) bond motifs is 1.